The van der Waals surface area contributed by atoms with Crippen LogP contribution in [0.2, 0.25) is 5.15 Å². The number of likely N-dealkylation sites (N-methyl/N-ethyl adjacent to an activating group) is 1. The molecule has 0 unspecified atom stereocenters. The molecule has 0 bridgehead atoms. The number of hydrogen-bond donors (Lipinski definition) is 0. The highest BCUT2D eigenvalue weighted by Gasteiger charge is 2.35. The lowest BCUT2D eigenvalue weighted by Crippen LogP contribution is -2.43. The van der Waals surface area contributed by atoms with Crippen LogP contribution in [0.25, 0.3) is 0 Å². The highest BCUT2D eigenvalue weighted by atomic mass is 35.5. The second kappa shape index (κ2) is 5.50. The van der Waals surface area contributed by atoms with Gasteiger partial charge in [0.15, 0.2) is 0 Å². The van der Waals surface area contributed by atoms with E-state index in [0.29, 0.717) is 0 Å². The highest BCUT2D eigenvalue weighted by molar-refractivity contribution is 6.29. The van der Waals surface area contributed by atoms with E-state index >= 15 is 0 Å². The molecular formula is C11H15ClF3N3O. The molecule has 0 spiro atoms. The van der Waals surface area contributed by atoms with Crippen molar-refractivity contribution in [2.45, 2.75) is 25.6 Å². The summed E-state index contributed by atoms with van der Waals surface area (Å²) < 4.78 is 42.8. The van der Waals surface area contributed by atoms with E-state index < -0.39 is 12.0 Å². The van der Waals surface area contributed by atoms with Gasteiger partial charge >= 0.3 is 6.18 Å². The number of nitrogens with zero attached hydrogens (tertiary/aromatic N) is 3. The maximum atomic E-state index is 12.5. The first-order valence-corrected chi connectivity index (χ1v) is 5.82. The molecule has 1 heterocycles. The van der Waals surface area contributed by atoms with Crippen molar-refractivity contribution in [1.82, 2.24) is 14.9 Å². The predicted molar refractivity (Wildman–Crippen MR) is 65.3 cm³/mol. The van der Waals surface area contributed by atoms with Crippen molar-refractivity contribution < 1.29 is 17.9 Å². The molecule has 4 nitrogen and oxygen atoms in total. The zero-order chi connectivity index (χ0) is 14.8. The second-order valence-corrected chi connectivity index (χ2v) is 5.23. The van der Waals surface area contributed by atoms with E-state index in [1.54, 1.807) is 0 Å². The minimum absolute atomic E-state index is 0.171. The Balaban J connectivity index is 2.88. The summed E-state index contributed by atoms with van der Waals surface area (Å²) in [5.41, 5.74) is -0.351. The Morgan fingerprint density at radius 3 is 2.32 bits per heavy atom. The molecule has 0 saturated heterocycles. The van der Waals surface area contributed by atoms with E-state index in [9.17, 15) is 13.2 Å². The molecule has 8 heteroatoms. The Labute approximate surface area is 114 Å². The molecule has 0 atom stereocenters. The van der Waals surface area contributed by atoms with Crippen LogP contribution in [0.4, 0.5) is 13.2 Å². The molecular weight excluding hydrogens is 283 g/mol. The standard InChI is InChI=1S/C11H15ClF3N3O/c1-10(2,18(3)4)6-19-8-5-7(12)16-9(17-8)11(13,14)15/h5H,6H2,1-4H3. The summed E-state index contributed by atoms with van der Waals surface area (Å²) in [6.45, 7) is 3.95. The van der Waals surface area contributed by atoms with E-state index in [0.717, 1.165) is 6.07 Å². The molecule has 0 radical (unpaired) electrons. The maximum absolute atomic E-state index is 12.5. The van der Waals surface area contributed by atoms with E-state index in [2.05, 4.69) is 9.97 Å². The zero-order valence-corrected chi connectivity index (χ0v) is 11.8. The van der Waals surface area contributed by atoms with Gasteiger partial charge in [-0.15, -0.1) is 0 Å². The molecule has 0 fully saturated rings. The van der Waals surface area contributed by atoms with Crippen LogP contribution in [0.3, 0.4) is 0 Å². The van der Waals surface area contributed by atoms with Crippen LogP contribution in [-0.4, -0.2) is 41.1 Å². The van der Waals surface area contributed by atoms with Gasteiger partial charge in [0.05, 0.1) is 0 Å². The van der Waals surface area contributed by atoms with Crippen molar-refractivity contribution in [3.8, 4) is 5.88 Å². The molecule has 0 aliphatic rings. The first-order valence-electron chi connectivity index (χ1n) is 5.44. The van der Waals surface area contributed by atoms with Crippen LogP contribution >= 0.6 is 11.6 Å². The molecule has 19 heavy (non-hydrogen) atoms. The summed E-state index contributed by atoms with van der Waals surface area (Å²) in [6, 6.07) is 1.16. The van der Waals surface area contributed by atoms with Gasteiger partial charge in [-0.2, -0.15) is 18.2 Å². The molecule has 1 rings (SSSR count). The number of aromatic nitrogens is 2. The third-order valence-electron chi connectivity index (χ3n) is 2.71. The molecule has 0 aromatic carbocycles. The molecule has 0 aliphatic heterocycles. The molecule has 0 amide bonds. The molecule has 0 aliphatic carbocycles. The average Bonchev–Trinajstić information content (AvgIpc) is 2.24. The summed E-state index contributed by atoms with van der Waals surface area (Å²) in [5.74, 6) is -1.50. The molecule has 1 aromatic heterocycles. The number of hydrogen-bond acceptors (Lipinski definition) is 4. The zero-order valence-electron chi connectivity index (χ0n) is 11.0. The fraction of sp³-hybridized carbons (Fsp3) is 0.636. The van der Waals surface area contributed by atoms with Gasteiger partial charge in [0.2, 0.25) is 11.7 Å². The van der Waals surface area contributed by atoms with Crippen LogP contribution < -0.4 is 4.74 Å². The van der Waals surface area contributed by atoms with Gasteiger partial charge in [-0.25, -0.2) is 4.98 Å². The van der Waals surface area contributed by atoms with Gasteiger partial charge in [0.25, 0.3) is 0 Å². The Kier molecular flexibility index (Phi) is 4.63. The lowest BCUT2D eigenvalue weighted by Gasteiger charge is -2.31. The summed E-state index contributed by atoms with van der Waals surface area (Å²) in [4.78, 5) is 8.32. The van der Waals surface area contributed by atoms with E-state index in [-0.39, 0.29) is 23.2 Å². The Morgan fingerprint density at radius 2 is 1.84 bits per heavy atom. The van der Waals surface area contributed by atoms with Gasteiger partial charge in [0.1, 0.15) is 11.8 Å². The van der Waals surface area contributed by atoms with Gasteiger partial charge in [-0.3, -0.25) is 0 Å². The smallest absolute Gasteiger partial charge is 0.451 e. The van der Waals surface area contributed by atoms with Crippen molar-refractivity contribution >= 4 is 11.6 Å². The summed E-state index contributed by atoms with van der Waals surface area (Å²) in [7, 11) is 3.69. The van der Waals surface area contributed by atoms with Gasteiger partial charge in [-0.1, -0.05) is 11.6 Å². The van der Waals surface area contributed by atoms with Gasteiger partial charge in [-0.05, 0) is 27.9 Å². The van der Waals surface area contributed by atoms with Gasteiger partial charge < -0.3 is 9.64 Å². The van der Waals surface area contributed by atoms with Crippen molar-refractivity contribution in [2.24, 2.45) is 0 Å². The number of halogens is 4. The van der Waals surface area contributed by atoms with Crippen molar-refractivity contribution in [2.75, 3.05) is 20.7 Å². The van der Waals surface area contributed by atoms with Crippen LogP contribution in [0, 0.1) is 0 Å². The largest absolute Gasteiger partial charge is 0.476 e. The van der Waals surface area contributed by atoms with E-state index in [1.165, 1.54) is 0 Å². The minimum Gasteiger partial charge on any atom is -0.476 e. The average molecular weight is 298 g/mol. The minimum atomic E-state index is -4.65. The molecule has 1 aromatic rings. The second-order valence-electron chi connectivity index (χ2n) is 4.85. The Bertz CT molecular complexity index is 449. The Hall–Kier alpha value is -1.08. The topological polar surface area (TPSA) is 38.2 Å². The SMILES string of the molecule is CN(C)C(C)(C)COc1cc(Cl)nc(C(F)(F)F)n1. The molecule has 0 saturated carbocycles. The van der Waals surface area contributed by atoms with Crippen LogP contribution in [-0.2, 0) is 6.18 Å². The first kappa shape index (κ1) is 16.0. The third kappa shape index (κ3) is 4.50. The van der Waals surface area contributed by atoms with Crippen molar-refractivity contribution in [3.05, 3.63) is 17.0 Å². The lowest BCUT2D eigenvalue weighted by atomic mass is 10.1. The lowest BCUT2D eigenvalue weighted by molar-refractivity contribution is -0.145. The van der Waals surface area contributed by atoms with Crippen molar-refractivity contribution in [3.63, 3.8) is 0 Å². The highest BCUT2D eigenvalue weighted by Crippen LogP contribution is 2.29. The van der Waals surface area contributed by atoms with Crippen LogP contribution in [0.15, 0.2) is 6.07 Å². The van der Waals surface area contributed by atoms with E-state index in [1.807, 2.05) is 32.8 Å². The fourth-order valence-corrected chi connectivity index (χ4v) is 1.15. The maximum Gasteiger partial charge on any atom is 0.451 e. The number of rotatable bonds is 4. The monoisotopic (exact) mass is 297 g/mol. The molecule has 0 N–H and O–H groups in total. The summed E-state index contributed by atoms with van der Waals surface area (Å²) in [6.07, 6.45) is -4.65. The van der Waals surface area contributed by atoms with E-state index in [4.69, 9.17) is 16.3 Å². The predicted octanol–water partition coefficient (Wildman–Crippen LogP) is 2.87. The van der Waals surface area contributed by atoms with Gasteiger partial charge in [0, 0.05) is 11.6 Å². The van der Waals surface area contributed by atoms with Crippen LogP contribution in [0.1, 0.15) is 19.7 Å². The fourth-order valence-electron chi connectivity index (χ4n) is 0.977. The normalized spacial score (nSPS) is 12.9. The number of ether oxygens (including phenoxy) is 1. The Morgan fingerprint density at radius 1 is 1.26 bits per heavy atom. The summed E-state index contributed by atoms with van der Waals surface area (Å²) >= 11 is 5.53. The first-order chi connectivity index (χ1) is 8.52. The molecule has 108 valence electrons. The van der Waals surface area contributed by atoms with Crippen LogP contribution in [0.5, 0.6) is 5.88 Å². The quantitative estimate of drug-likeness (QED) is 0.801. The van der Waals surface area contributed by atoms with Crippen molar-refractivity contribution in [1.29, 1.82) is 0 Å². The number of alkyl halides is 3. The third-order valence-corrected chi connectivity index (χ3v) is 2.90. The summed E-state index contributed by atoms with van der Waals surface area (Å²) in [5, 5.41) is -0.306.